The van der Waals surface area contributed by atoms with Crippen LogP contribution in [0, 0.1) is 11.3 Å². The van der Waals surface area contributed by atoms with Gasteiger partial charge in [0, 0.05) is 17.6 Å². The van der Waals surface area contributed by atoms with Crippen LogP contribution in [-0.4, -0.2) is 13.2 Å². The molecule has 1 aromatic rings. The number of hydrogen-bond acceptors (Lipinski definition) is 2. The normalized spacial score (nSPS) is 27.2. The predicted molar refractivity (Wildman–Crippen MR) is 80.5 cm³/mol. The van der Waals surface area contributed by atoms with E-state index in [2.05, 4.69) is 45.1 Å². The quantitative estimate of drug-likeness (QED) is 0.878. The summed E-state index contributed by atoms with van der Waals surface area (Å²) in [5.41, 5.74) is 1.72. The van der Waals surface area contributed by atoms with Gasteiger partial charge in [-0.05, 0) is 37.2 Å². The van der Waals surface area contributed by atoms with Crippen molar-refractivity contribution in [3.63, 3.8) is 0 Å². The molecule has 1 aliphatic rings. The van der Waals surface area contributed by atoms with E-state index >= 15 is 0 Å². The highest BCUT2D eigenvalue weighted by Crippen LogP contribution is 2.41. The van der Waals surface area contributed by atoms with Crippen molar-refractivity contribution < 1.29 is 4.74 Å². The minimum atomic E-state index is 0.331. The summed E-state index contributed by atoms with van der Waals surface area (Å²) in [5.74, 6) is 1.72. The summed E-state index contributed by atoms with van der Waals surface area (Å²) in [4.78, 5) is 0. The zero-order valence-corrected chi connectivity index (χ0v) is 12.9. The largest absolute Gasteiger partial charge is 0.496 e. The molecule has 0 radical (unpaired) electrons. The Morgan fingerprint density at radius 3 is 2.53 bits per heavy atom. The van der Waals surface area contributed by atoms with Crippen LogP contribution in [0.15, 0.2) is 24.3 Å². The Morgan fingerprint density at radius 2 is 1.95 bits per heavy atom. The Labute approximate surface area is 117 Å². The topological polar surface area (TPSA) is 21.3 Å². The molecule has 1 N–H and O–H groups in total. The molecule has 0 heterocycles. The highest BCUT2D eigenvalue weighted by Gasteiger charge is 2.37. The van der Waals surface area contributed by atoms with Gasteiger partial charge in [-0.15, -0.1) is 0 Å². The first kappa shape index (κ1) is 14.4. The van der Waals surface area contributed by atoms with Gasteiger partial charge in [-0.25, -0.2) is 0 Å². The van der Waals surface area contributed by atoms with Gasteiger partial charge < -0.3 is 10.1 Å². The zero-order valence-electron chi connectivity index (χ0n) is 12.9. The van der Waals surface area contributed by atoms with Crippen LogP contribution in [0.4, 0.5) is 0 Å². The molecule has 2 nitrogen and oxygen atoms in total. The van der Waals surface area contributed by atoms with Gasteiger partial charge in [0.1, 0.15) is 5.75 Å². The fourth-order valence-corrected chi connectivity index (χ4v) is 3.55. The van der Waals surface area contributed by atoms with E-state index < -0.39 is 0 Å². The lowest BCUT2D eigenvalue weighted by atomic mass is 9.91. The van der Waals surface area contributed by atoms with E-state index in [1.807, 2.05) is 12.1 Å². The molecule has 0 amide bonds. The number of benzene rings is 1. The maximum absolute atomic E-state index is 5.46. The number of nitrogens with one attached hydrogen (secondary N) is 1. The van der Waals surface area contributed by atoms with Crippen LogP contribution in [0.1, 0.15) is 52.1 Å². The van der Waals surface area contributed by atoms with E-state index in [1.165, 1.54) is 18.4 Å². The van der Waals surface area contributed by atoms with Gasteiger partial charge in [0.05, 0.1) is 7.11 Å². The van der Waals surface area contributed by atoms with E-state index in [4.69, 9.17) is 4.74 Å². The SMILES string of the molecule is COc1ccccc1[C@H](C)NC1CC(C)(C)CC1C. The van der Waals surface area contributed by atoms with Gasteiger partial charge in [-0.1, -0.05) is 39.0 Å². The predicted octanol–water partition coefficient (Wildman–Crippen LogP) is 4.17. The van der Waals surface area contributed by atoms with Crippen LogP contribution in [0.3, 0.4) is 0 Å². The molecule has 0 spiro atoms. The molecule has 0 bridgehead atoms. The van der Waals surface area contributed by atoms with Crippen molar-refractivity contribution in [3.8, 4) is 5.75 Å². The number of rotatable bonds is 4. The minimum absolute atomic E-state index is 0.331. The van der Waals surface area contributed by atoms with E-state index in [0.717, 1.165) is 11.7 Å². The average Bonchev–Trinajstić information content (AvgIpc) is 2.62. The third-order valence-electron chi connectivity index (χ3n) is 4.40. The lowest BCUT2D eigenvalue weighted by Gasteiger charge is -2.25. The molecule has 106 valence electrons. The molecule has 0 saturated heterocycles. The first-order valence-electron chi connectivity index (χ1n) is 7.32. The van der Waals surface area contributed by atoms with E-state index in [9.17, 15) is 0 Å². The molecule has 1 aromatic carbocycles. The zero-order chi connectivity index (χ0) is 14.0. The van der Waals surface area contributed by atoms with Crippen molar-refractivity contribution in [2.75, 3.05) is 7.11 Å². The Hall–Kier alpha value is -1.02. The summed E-state index contributed by atoms with van der Waals surface area (Å²) in [5, 5.41) is 3.80. The summed E-state index contributed by atoms with van der Waals surface area (Å²) >= 11 is 0. The maximum atomic E-state index is 5.46. The molecule has 1 aliphatic carbocycles. The second-order valence-corrected chi connectivity index (χ2v) is 6.79. The van der Waals surface area contributed by atoms with Gasteiger partial charge >= 0.3 is 0 Å². The first-order valence-corrected chi connectivity index (χ1v) is 7.32. The highest BCUT2D eigenvalue weighted by atomic mass is 16.5. The third-order valence-corrected chi connectivity index (χ3v) is 4.40. The first-order chi connectivity index (χ1) is 8.93. The standard InChI is InChI=1S/C17H27NO/c1-12-10-17(3,4)11-15(12)18-13(2)14-8-6-7-9-16(14)19-5/h6-9,12-13,15,18H,10-11H2,1-5H3/t12?,13-,15?/m0/s1. The lowest BCUT2D eigenvalue weighted by molar-refractivity contribution is 0.351. The van der Waals surface area contributed by atoms with Crippen LogP contribution in [0.5, 0.6) is 5.75 Å². The highest BCUT2D eigenvalue weighted by molar-refractivity contribution is 5.35. The van der Waals surface area contributed by atoms with Crippen LogP contribution in [0.25, 0.3) is 0 Å². The number of para-hydroxylation sites is 1. The molecule has 3 atom stereocenters. The van der Waals surface area contributed by atoms with Crippen molar-refractivity contribution in [2.24, 2.45) is 11.3 Å². The fourth-order valence-electron chi connectivity index (χ4n) is 3.55. The van der Waals surface area contributed by atoms with Crippen LogP contribution in [-0.2, 0) is 0 Å². The summed E-state index contributed by atoms with van der Waals surface area (Å²) in [6.07, 6.45) is 2.57. The van der Waals surface area contributed by atoms with Crippen LogP contribution in [0.2, 0.25) is 0 Å². The van der Waals surface area contributed by atoms with E-state index in [0.29, 0.717) is 17.5 Å². The summed E-state index contributed by atoms with van der Waals surface area (Å²) in [6.45, 7) is 9.34. The third kappa shape index (κ3) is 3.30. The summed E-state index contributed by atoms with van der Waals surface area (Å²) in [6, 6.07) is 9.23. The smallest absolute Gasteiger partial charge is 0.123 e. The molecule has 2 rings (SSSR count). The second-order valence-electron chi connectivity index (χ2n) is 6.79. The molecule has 2 heteroatoms. The molecule has 2 unspecified atom stereocenters. The molecular formula is C17H27NO. The number of ether oxygens (including phenoxy) is 1. The van der Waals surface area contributed by atoms with Crippen molar-refractivity contribution in [1.82, 2.24) is 5.32 Å². The molecule has 1 fully saturated rings. The van der Waals surface area contributed by atoms with Crippen molar-refractivity contribution >= 4 is 0 Å². The average molecular weight is 261 g/mol. The molecule has 1 saturated carbocycles. The van der Waals surface area contributed by atoms with Gasteiger partial charge in [-0.2, -0.15) is 0 Å². The molecule has 0 aromatic heterocycles. The van der Waals surface area contributed by atoms with Gasteiger partial charge in [0.15, 0.2) is 0 Å². The van der Waals surface area contributed by atoms with Crippen molar-refractivity contribution in [1.29, 1.82) is 0 Å². The van der Waals surface area contributed by atoms with Crippen LogP contribution >= 0.6 is 0 Å². The number of methoxy groups -OCH3 is 1. The Morgan fingerprint density at radius 1 is 1.26 bits per heavy atom. The Kier molecular flexibility index (Phi) is 4.19. The van der Waals surface area contributed by atoms with E-state index in [1.54, 1.807) is 7.11 Å². The number of hydrogen-bond donors (Lipinski definition) is 1. The van der Waals surface area contributed by atoms with Gasteiger partial charge in [0.2, 0.25) is 0 Å². The Bertz CT molecular complexity index is 427. The molecule has 0 aliphatic heterocycles. The summed E-state index contributed by atoms with van der Waals surface area (Å²) in [7, 11) is 1.74. The summed E-state index contributed by atoms with van der Waals surface area (Å²) < 4.78 is 5.46. The second kappa shape index (κ2) is 5.54. The molecular weight excluding hydrogens is 234 g/mol. The van der Waals surface area contributed by atoms with Crippen molar-refractivity contribution in [2.45, 2.75) is 52.6 Å². The fraction of sp³-hybridized carbons (Fsp3) is 0.647. The van der Waals surface area contributed by atoms with Gasteiger partial charge in [0.25, 0.3) is 0 Å². The monoisotopic (exact) mass is 261 g/mol. The lowest BCUT2D eigenvalue weighted by Crippen LogP contribution is -2.34. The van der Waals surface area contributed by atoms with Crippen LogP contribution < -0.4 is 10.1 Å². The van der Waals surface area contributed by atoms with Gasteiger partial charge in [-0.3, -0.25) is 0 Å². The maximum Gasteiger partial charge on any atom is 0.123 e. The van der Waals surface area contributed by atoms with Crippen molar-refractivity contribution in [3.05, 3.63) is 29.8 Å². The Balaban J connectivity index is 2.07. The molecule has 19 heavy (non-hydrogen) atoms. The van der Waals surface area contributed by atoms with E-state index in [-0.39, 0.29) is 0 Å². The minimum Gasteiger partial charge on any atom is -0.496 e.